The minimum atomic E-state index is -2.39. The number of nitro groups is 1. The van der Waals surface area contributed by atoms with E-state index in [1.807, 2.05) is 0 Å². The van der Waals surface area contributed by atoms with E-state index in [0.717, 1.165) is 12.0 Å². The zero-order chi connectivity index (χ0) is 27.4. The minimum Gasteiger partial charge on any atom is -0.507 e. The van der Waals surface area contributed by atoms with Crippen molar-refractivity contribution in [1.82, 2.24) is 5.43 Å². The van der Waals surface area contributed by atoms with Crippen LogP contribution >= 0.6 is 0 Å². The van der Waals surface area contributed by atoms with E-state index < -0.39 is 39.6 Å². The number of benzene rings is 3. The number of aliphatic hydroxyl groups excluding tert-OH is 1. The predicted molar refractivity (Wildman–Crippen MR) is 136 cm³/mol. The fraction of sp³-hybridized carbons (Fsp3) is 0.115. The van der Waals surface area contributed by atoms with Crippen LogP contribution in [0.4, 0.5) is 17.1 Å². The lowest BCUT2D eigenvalue weighted by atomic mass is 9.95. The van der Waals surface area contributed by atoms with E-state index in [1.165, 1.54) is 67.8 Å². The number of ketones is 1. The summed E-state index contributed by atoms with van der Waals surface area (Å²) >= 11 is 0. The fourth-order valence-corrected chi connectivity index (χ4v) is 4.04. The van der Waals surface area contributed by atoms with Crippen LogP contribution in [-0.2, 0) is 19.1 Å². The first-order valence-corrected chi connectivity index (χ1v) is 11.1. The van der Waals surface area contributed by atoms with Gasteiger partial charge in [-0.3, -0.25) is 24.6 Å². The number of hydrazine groups is 1. The maximum atomic E-state index is 13.5. The molecular weight excluding hydrogens is 496 g/mol. The van der Waals surface area contributed by atoms with Crippen LogP contribution in [0.3, 0.4) is 0 Å². The smallest absolute Gasteiger partial charge is 0.354 e. The number of carbonyl (C=O) groups excluding carboxylic acids is 3. The van der Waals surface area contributed by atoms with Gasteiger partial charge in [-0.1, -0.05) is 30.3 Å². The van der Waals surface area contributed by atoms with Crippen LogP contribution in [0.25, 0.3) is 5.76 Å². The van der Waals surface area contributed by atoms with Crippen molar-refractivity contribution in [3.8, 4) is 5.75 Å². The molecule has 3 aromatic carbocycles. The number of nitrogens with zero attached hydrogens (tertiary/aromatic N) is 2. The number of Topliss-reactive ketones (excluding diaryl/α,β-unsaturated/α-hetero) is 1. The van der Waals surface area contributed by atoms with Crippen LogP contribution in [0.2, 0.25) is 0 Å². The Balaban J connectivity index is 1.92. The number of non-ortho nitro benzene ring substituents is 1. The number of carbonyl (C=O) groups is 3. The lowest BCUT2D eigenvalue weighted by Gasteiger charge is -2.36. The lowest BCUT2D eigenvalue weighted by molar-refractivity contribution is -0.384. The zero-order valence-electron chi connectivity index (χ0n) is 20.2. The molecule has 3 N–H and O–H groups in total. The molecule has 1 atom stereocenters. The first-order valence-electron chi connectivity index (χ1n) is 11.1. The van der Waals surface area contributed by atoms with Gasteiger partial charge in [0.15, 0.2) is 0 Å². The summed E-state index contributed by atoms with van der Waals surface area (Å²) in [6.07, 6.45) is 0. The standard InChI is InChI=1S/C26H22N4O8/c1-37-20-14-12-18(13-15-20)29-24(33)23(32)21(22(31)16-6-4-3-5-7-16)26(29,25(34)38-2)28-27-17-8-10-19(11-9-17)30(35)36/h3-15,27-28,31H,1-2H3/b22-21-. The highest BCUT2D eigenvalue weighted by atomic mass is 16.6. The van der Waals surface area contributed by atoms with Gasteiger partial charge >= 0.3 is 11.9 Å². The molecule has 4 rings (SSSR count). The average molecular weight is 518 g/mol. The summed E-state index contributed by atoms with van der Waals surface area (Å²) in [5.41, 5.74) is 2.80. The first kappa shape index (κ1) is 25.9. The van der Waals surface area contributed by atoms with Crippen molar-refractivity contribution in [3.05, 3.63) is 100 Å². The second-order valence-corrected chi connectivity index (χ2v) is 8.01. The van der Waals surface area contributed by atoms with E-state index in [2.05, 4.69) is 10.9 Å². The van der Waals surface area contributed by atoms with Crippen molar-refractivity contribution >= 4 is 40.5 Å². The third kappa shape index (κ3) is 4.40. The van der Waals surface area contributed by atoms with Crippen LogP contribution in [-0.4, -0.2) is 47.6 Å². The van der Waals surface area contributed by atoms with Gasteiger partial charge in [0.1, 0.15) is 17.1 Å². The SMILES string of the molecule is COC(=O)C1(NNc2ccc([N+](=O)[O-])cc2)/C(=C(\O)c2ccccc2)C(=O)C(=O)N1c1ccc(OC)cc1. The molecule has 12 nitrogen and oxygen atoms in total. The third-order valence-corrected chi connectivity index (χ3v) is 5.88. The molecule has 1 fully saturated rings. The van der Waals surface area contributed by atoms with Gasteiger partial charge < -0.3 is 20.0 Å². The summed E-state index contributed by atoms with van der Waals surface area (Å²) in [4.78, 5) is 51.7. The summed E-state index contributed by atoms with van der Waals surface area (Å²) in [5, 5.41) is 22.3. The van der Waals surface area contributed by atoms with Gasteiger partial charge in [-0.25, -0.2) is 4.79 Å². The van der Waals surface area contributed by atoms with Crippen molar-refractivity contribution in [2.24, 2.45) is 0 Å². The van der Waals surface area contributed by atoms with Crippen LogP contribution in [0, 0.1) is 10.1 Å². The van der Waals surface area contributed by atoms with E-state index in [-0.39, 0.29) is 22.6 Å². The van der Waals surface area contributed by atoms with Crippen LogP contribution in [0.5, 0.6) is 5.75 Å². The highest BCUT2D eigenvalue weighted by Gasteiger charge is 2.63. The third-order valence-electron chi connectivity index (χ3n) is 5.88. The van der Waals surface area contributed by atoms with Gasteiger partial charge in [-0.2, -0.15) is 5.43 Å². The van der Waals surface area contributed by atoms with Crippen LogP contribution in [0.1, 0.15) is 5.56 Å². The molecule has 0 aromatic heterocycles. The summed E-state index contributed by atoms with van der Waals surface area (Å²) in [7, 11) is 2.51. The van der Waals surface area contributed by atoms with Crippen molar-refractivity contribution in [2.75, 3.05) is 24.5 Å². The van der Waals surface area contributed by atoms with Crippen LogP contribution in [0.15, 0.2) is 84.4 Å². The van der Waals surface area contributed by atoms with E-state index in [4.69, 9.17) is 9.47 Å². The molecule has 0 aliphatic carbocycles. The van der Waals surface area contributed by atoms with Crippen LogP contribution < -0.4 is 20.5 Å². The number of rotatable bonds is 8. The number of hydrogen-bond acceptors (Lipinski definition) is 10. The fourth-order valence-electron chi connectivity index (χ4n) is 4.04. The monoisotopic (exact) mass is 518 g/mol. The Labute approximate surface area is 216 Å². The molecule has 0 spiro atoms. The molecule has 1 aliphatic rings. The molecule has 0 bridgehead atoms. The summed E-state index contributed by atoms with van der Waals surface area (Å²) in [6, 6.07) is 19.0. The number of methoxy groups -OCH3 is 2. The lowest BCUT2D eigenvalue weighted by Crippen LogP contribution is -2.65. The van der Waals surface area contributed by atoms with E-state index in [0.29, 0.717) is 5.75 Å². The quantitative estimate of drug-likeness (QED) is 0.101. The number of nitro benzene ring substituents is 1. The Morgan fingerprint density at radius 2 is 1.61 bits per heavy atom. The van der Waals surface area contributed by atoms with Crippen molar-refractivity contribution in [3.63, 3.8) is 0 Å². The average Bonchev–Trinajstić information content (AvgIpc) is 3.18. The first-order chi connectivity index (χ1) is 18.2. The number of hydrogen-bond donors (Lipinski definition) is 3. The molecule has 12 heteroatoms. The molecule has 1 heterocycles. The Kier molecular flexibility index (Phi) is 7.08. The Morgan fingerprint density at radius 1 is 0.974 bits per heavy atom. The molecular formula is C26H22N4O8. The Hall–Kier alpha value is -5.23. The summed E-state index contributed by atoms with van der Waals surface area (Å²) in [6.45, 7) is 0. The maximum Gasteiger partial charge on any atom is 0.354 e. The van der Waals surface area contributed by atoms with E-state index >= 15 is 0 Å². The predicted octanol–water partition coefficient (Wildman–Crippen LogP) is 2.97. The number of amides is 1. The molecule has 1 unspecified atom stereocenters. The van der Waals surface area contributed by atoms with Gasteiger partial charge in [0.25, 0.3) is 11.5 Å². The molecule has 1 saturated heterocycles. The van der Waals surface area contributed by atoms with Gasteiger partial charge in [0.05, 0.1) is 19.1 Å². The molecule has 38 heavy (non-hydrogen) atoms. The normalized spacial score (nSPS) is 18.2. The number of ether oxygens (including phenoxy) is 2. The van der Waals surface area contributed by atoms with E-state index in [9.17, 15) is 29.6 Å². The second-order valence-electron chi connectivity index (χ2n) is 8.01. The molecule has 0 radical (unpaired) electrons. The van der Waals surface area contributed by atoms with Gasteiger partial charge in [-0.05, 0) is 36.4 Å². The molecule has 194 valence electrons. The van der Waals surface area contributed by atoms with Gasteiger partial charge in [0, 0.05) is 29.1 Å². The zero-order valence-corrected chi connectivity index (χ0v) is 20.2. The highest BCUT2D eigenvalue weighted by Crippen LogP contribution is 2.40. The van der Waals surface area contributed by atoms with Crippen molar-refractivity contribution in [2.45, 2.75) is 5.66 Å². The number of aliphatic hydroxyl groups is 1. The highest BCUT2D eigenvalue weighted by molar-refractivity contribution is 6.54. The van der Waals surface area contributed by atoms with Gasteiger partial charge in [0.2, 0.25) is 5.66 Å². The maximum absolute atomic E-state index is 13.5. The minimum absolute atomic E-state index is 0.114. The van der Waals surface area contributed by atoms with Crippen molar-refractivity contribution in [1.29, 1.82) is 0 Å². The number of esters is 1. The Morgan fingerprint density at radius 3 is 2.16 bits per heavy atom. The number of anilines is 2. The largest absolute Gasteiger partial charge is 0.507 e. The Bertz CT molecular complexity index is 1420. The topological polar surface area (TPSA) is 160 Å². The number of nitrogens with one attached hydrogen (secondary N) is 2. The molecule has 0 saturated carbocycles. The summed E-state index contributed by atoms with van der Waals surface area (Å²) in [5.74, 6) is -3.53. The molecule has 1 aliphatic heterocycles. The second kappa shape index (κ2) is 10.4. The van der Waals surface area contributed by atoms with Crippen molar-refractivity contribution < 1.29 is 33.9 Å². The molecule has 1 amide bonds. The molecule has 3 aromatic rings. The van der Waals surface area contributed by atoms with Gasteiger partial charge in [-0.15, -0.1) is 0 Å². The van der Waals surface area contributed by atoms with E-state index in [1.54, 1.807) is 18.2 Å². The summed E-state index contributed by atoms with van der Waals surface area (Å²) < 4.78 is 10.2.